The smallest absolute Gasteiger partial charge is 0.271 e. The summed E-state index contributed by atoms with van der Waals surface area (Å²) in [5.41, 5.74) is 2.48. The van der Waals surface area contributed by atoms with Crippen molar-refractivity contribution in [3.8, 4) is 0 Å². The molecule has 1 N–H and O–H groups in total. The SMILES string of the molecule is Cc1ccc(C(C)NC(=O)c2cnc(Cl)cn2)cc1. The van der Waals surface area contributed by atoms with Crippen LogP contribution in [0.1, 0.15) is 34.6 Å². The number of carbonyl (C=O) groups excluding carboxylic acids is 1. The van der Waals surface area contributed by atoms with Crippen molar-refractivity contribution in [1.82, 2.24) is 15.3 Å². The molecule has 19 heavy (non-hydrogen) atoms. The topological polar surface area (TPSA) is 54.9 Å². The zero-order chi connectivity index (χ0) is 13.8. The Kier molecular flexibility index (Phi) is 4.12. The van der Waals surface area contributed by atoms with Gasteiger partial charge in [-0.15, -0.1) is 0 Å². The molecule has 1 unspecified atom stereocenters. The molecule has 0 aliphatic carbocycles. The summed E-state index contributed by atoms with van der Waals surface area (Å²) in [6.07, 6.45) is 2.71. The van der Waals surface area contributed by atoms with E-state index in [9.17, 15) is 4.79 Å². The summed E-state index contributed by atoms with van der Waals surface area (Å²) in [6, 6.07) is 7.92. The normalized spacial score (nSPS) is 11.9. The highest BCUT2D eigenvalue weighted by molar-refractivity contribution is 6.29. The van der Waals surface area contributed by atoms with Gasteiger partial charge in [-0.2, -0.15) is 0 Å². The Morgan fingerprint density at radius 3 is 2.47 bits per heavy atom. The molecule has 1 atom stereocenters. The van der Waals surface area contributed by atoms with Crippen molar-refractivity contribution in [2.45, 2.75) is 19.9 Å². The second kappa shape index (κ2) is 5.80. The third kappa shape index (κ3) is 3.51. The molecule has 0 saturated carbocycles. The number of nitrogens with one attached hydrogen (secondary N) is 1. The molecule has 98 valence electrons. The predicted octanol–water partition coefficient (Wildman–Crippen LogP) is 2.93. The summed E-state index contributed by atoms with van der Waals surface area (Å²) in [7, 11) is 0. The third-order valence-corrected chi connectivity index (χ3v) is 2.97. The van der Waals surface area contributed by atoms with Crippen molar-refractivity contribution in [1.29, 1.82) is 0 Å². The van der Waals surface area contributed by atoms with Gasteiger partial charge in [-0.05, 0) is 19.4 Å². The number of rotatable bonds is 3. The lowest BCUT2D eigenvalue weighted by atomic mass is 10.1. The molecule has 0 aliphatic rings. The van der Waals surface area contributed by atoms with Crippen molar-refractivity contribution in [3.63, 3.8) is 0 Å². The summed E-state index contributed by atoms with van der Waals surface area (Å²) >= 11 is 5.63. The summed E-state index contributed by atoms with van der Waals surface area (Å²) in [5.74, 6) is -0.266. The van der Waals surface area contributed by atoms with Gasteiger partial charge in [0.1, 0.15) is 10.8 Å². The van der Waals surface area contributed by atoms with E-state index < -0.39 is 0 Å². The monoisotopic (exact) mass is 275 g/mol. The van der Waals surface area contributed by atoms with Crippen LogP contribution >= 0.6 is 11.6 Å². The third-order valence-electron chi connectivity index (χ3n) is 2.78. The lowest BCUT2D eigenvalue weighted by molar-refractivity contribution is 0.0934. The zero-order valence-corrected chi connectivity index (χ0v) is 11.5. The number of aryl methyl sites for hydroxylation is 1. The van der Waals surface area contributed by atoms with Gasteiger partial charge in [0.25, 0.3) is 5.91 Å². The lowest BCUT2D eigenvalue weighted by Gasteiger charge is -2.14. The van der Waals surface area contributed by atoms with Gasteiger partial charge >= 0.3 is 0 Å². The second-order valence-electron chi connectivity index (χ2n) is 4.33. The van der Waals surface area contributed by atoms with E-state index in [1.54, 1.807) is 0 Å². The Bertz CT molecular complexity index is 566. The van der Waals surface area contributed by atoms with Crippen LogP contribution in [0, 0.1) is 6.92 Å². The maximum absolute atomic E-state index is 11.9. The molecule has 0 saturated heterocycles. The van der Waals surface area contributed by atoms with Crippen molar-refractivity contribution in [2.75, 3.05) is 0 Å². The van der Waals surface area contributed by atoms with Crippen LogP contribution in [0.15, 0.2) is 36.7 Å². The first-order chi connectivity index (χ1) is 9.06. The van der Waals surface area contributed by atoms with E-state index in [-0.39, 0.29) is 22.8 Å². The number of benzene rings is 1. The fraction of sp³-hybridized carbons (Fsp3) is 0.214. The molecule has 1 aromatic heterocycles. The van der Waals surface area contributed by atoms with Crippen molar-refractivity contribution >= 4 is 17.5 Å². The number of halogens is 1. The molecule has 0 fully saturated rings. The van der Waals surface area contributed by atoms with Crippen molar-refractivity contribution in [3.05, 3.63) is 58.6 Å². The summed E-state index contributed by atoms with van der Waals surface area (Å²) in [6.45, 7) is 3.95. The minimum absolute atomic E-state index is 0.0921. The Labute approximate surface area is 116 Å². The molecule has 5 heteroatoms. The fourth-order valence-corrected chi connectivity index (χ4v) is 1.74. The highest BCUT2D eigenvalue weighted by Crippen LogP contribution is 2.13. The predicted molar refractivity (Wildman–Crippen MR) is 74.1 cm³/mol. The van der Waals surface area contributed by atoms with Crippen molar-refractivity contribution in [2.24, 2.45) is 0 Å². The average Bonchev–Trinajstić information content (AvgIpc) is 2.40. The van der Waals surface area contributed by atoms with Gasteiger partial charge in [-0.25, -0.2) is 9.97 Å². The first-order valence-corrected chi connectivity index (χ1v) is 6.29. The highest BCUT2D eigenvalue weighted by Gasteiger charge is 2.12. The molecule has 0 radical (unpaired) electrons. The minimum atomic E-state index is -0.266. The molecule has 1 heterocycles. The molecular weight excluding hydrogens is 262 g/mol. The van der Waals surface area contributed by atoms with Crippen LogP contribution in [-0.2, 0) is 0 Å². The molecule has 4 nitrogen and oxygen atoms in total. The van der Waals surface area contributed by atoms with Crippen LogP contribution in [0.3, 0.4) is 0 Å². The Morgan fingerprint density at radius 1 is 1.21 bits per heavy atom. The van der Waals surface area contributed by atoms with Gasteiger partial charge in [-0.3, -0.25) is 4.79 Å². The highest BCUT2D eigenvalue weighted by atomic mass is 35.5. The maximum atomic E-state index is 11.9. The molecular formula is C14H14ClN3O. The molecule has 0 spiro atoms. The standard InChI is InChI=1S/C14H14ClN3O/c1-9-3-5-11(6-4-9)10(2)18-14(19)12-7-17-13(15)8-16-12/h3-8,10H,1-2H3,(H,18,19). The van der Waals surface area contributed by atoms with Crippen LogP contribution in [0.2, 0.25) is 5.15 Å². The van der Waals surface area contributed by atoms with Crippen LogP contribution in [0.5, 0.6) is 0 Å². The van der Waals surface area contributed by atoms with Crippen molar-refractivity contribution < 1.29 is 4.79 Å². The van der Waals surface area contributed by atoms with Crippen LogP contribution < -0.4 is 5.32 Å². The van der Waals surface area contributed by atoms with Gasteiger partial charge in [0.05, 0.1) is 18.4 Å². The lowest BCUT2D eigenvalue weighted by Crippen LogP contribution is -2.27. The van der Waals surface area contributed by atoms with E-state index in [1.165, 1.54) is 18.0 Å². The number of hydrogen-bond donors (Lipinski definition) is 1. The molecule has 2 aromatic rings. The average molecular weight is 276 g/mol. The Morgan fingerprint density at radius 2 is 1.89 bits per heavy atom. The molecule has 1 aromatic carbocycles. The fourth-order valence-electron chi connectivity index (χ4n) is 1.64. The number of nitrogens with zero attached hydrogens (tertiary/aromatic N) is 2. The van der Waals surface area contributed by atoms with Crippen LogP contribution in [0.4, 0.5) is 0 Å². The molecule has 0 bridgehead atoms. The van der Waals surface area contributed by atoms with Gasteiger partial charge in [-0.1, -0.05) is 41.4 Å². The maximum Gasteiger partial charge on any atom is 0.271 e. The van der Waals surface area contributed by atoms with E-state index in [0.717, 1.165) is 5.56 Å². The summed E-state index contributed by atoms with van der Waals surface area (Å²) < 4.78 is 0. The van der Waals surface area contributed by atoms with Gasteiger partial charge < -0.3 is 5.32 Å². The second-order valence-corrected chi connectivity index (χ2v) is 4.72. The first-order valence-electron chi connectivity index (χ1n) is 5.91. The minimum Gasteiger partial charge on any atom is -0.344 e. The van der Waals surface area contributed by atoms with E-state index in [2.05, 4.69) is 15.3 Å². The zero-order valence-electron chi connectivity index (χ0n) is 10.7. The van der Waals surface area contributed by atoms with Gasteiger partial charge in [0.2, 0.25) is 0 Å². The molecule has 2 rings (SSSR count). The Balaban J connectivity index is 2.06. The quantitative estimate of drug-likeness (QED) is 0.937. The summed E-state index contributed by atoms with van der Waals surface area (Å²) in [4.78, 5) is 19.7. The van der Waals surface area contributed by atoms with Crippen LogP contribution in [0.25, 0.3) is 0 Å². The number of aromatic nitrogens is 2. The Hall–Kier alpha value is -1.94. The van der Waals surface area contributed by atoms with Gasteiger partial charge in [0, 0.05) is 0 Å². The number of hydrogen-bond acceptors (Lipinski definition) is 3. The van der Waals surface area contributed by atoms with Gasteiger partial charge in [0.15, 0.2) is 0 Å². The van der Waals surface area contributed by atoms with E-state index >= 15 is 0 Å². The first kappa shape index (κ1) is 13.5. The largest absolute Gasteiger partial charge is 0.344 e. The van der Waals surface area contributed by atoms with E-state index in [1.807, 2.05) is 38.1 Å². The van der Waals surface area contributed by atoms with Crippen LogP contribution in [-0.4, -0.2) is 15.9 Å². The molecule has 1 amide bonds. The van der Waals surface area contributed by atoms with E-state index in [4.69, 9.17) is 11.6 Å². The number of carbonyl (C=O) groups is 1. The van der Waals surface area contributed by atoms with E-state index in [0.29, 0.717) is 0 Å². The summed E-state index contributed by atoms with van der Waals surface area (Å²) in [5, 5.41) is 3.13. The number of amides is 1. The molecule has 0 aliphatic heterocycles.